The average Bonchev–Trinajstić information content (AvgIpc) is 3.17. The number of hydrogen-bond acceptors (Lipinski definition) is 5. The minimum atomic E-state index is -0.127. The SMILES string of the molecule is CC(C)c1noc([C@H]2CCCN2C(=O)c2cnn(C)c2)n1. The van der Waals surface area contributed by atoms with Crippen LogP contribution in [0.1, 0.15) is 60.7 Å². The first-order chi connectivity index (χ1) is 10.1. The van der Waals surface area contributed by atoms with E-state index in [0.29, 0.717) is 23.8 Å². The molecule has 2 aromatic heterocycles. The van der Waals surface area contributed by atoms with Crippen molar-refractivity contribution in [3.63, 3.8) is 0 Å². The zero-order chi connectivity index (χ0) is 15.0. The summed E-state index contributed by atoms with van der Waals surface area (Å²) in [5, 5.41) is 8.04. The molecule has 1 aliphatic rings. The van der Waals surface area contributed by atoms with Gasteiger partial charge in [-0.2, -0.15) is 10.1 Å². The molecule has 1 amide bonds. The summed E-state index contributed by atoms with van der Waals surface area (Å²) in [6.45, 7) is 4.74. The van der Waals surface area contributed by atoms with E-state index in [1.807, 2.05) is 13.8 Å². The van der Waals surface area contributed by atoms with Crippen molar-refractivity contribution in [3.05, 3.63) is 29.7 Å². The van der Waals surface area contributed by atoms with E-state index in [2.05, 4.69) is 15.2 Å². The third kappa shape index (κ3) is 2.55. The topological polar surface area (TPSA) is 77.0 Å². The highest BCUT2D eigenvalue weighted by molar-refractivity contribution is 5.94. The zero-order valence-electron chi connectivity index (χ0n) is 12.5. The van der Waals surface area contributed by atoms with Gasteiger partial charge in [-0.25, -0.2) is 0 Å². The van der Waals surface area contributed by atoms with E-state index in [9.17, 15) is 4.79 Å². The Hall–Kier alpha value is -2.18. The number of carbonyl (C=O) groups is 1. The van der Waals surface area contributed by atoms with E-state index < -0.39 is 0 Å². The Morgan fingerprint density at radius 3 is 2.90 bits per heavy atom. The predicted molar refractivity (Wildman–Crippen MR) is 74.6 cm³/mol. The summed E-state index contributed by atoms with van der Waals surface area (Å²) in [6.07, 6.45) is 5.11. The van der Waals surface area contributed by atoms with Gasteiger partial charge in [0.05, 0.1) is 11.8 Å². The molecule has 3 rings (SSSR count). The molecule has 1 atom stereocenters. The number of aryl methyl sites for hydroxylation is 1. The number of likely N-dealkylation sites (tertiary alicyclic amines) is 1. The molecule has 0 radical (unpaired) electrons. The lowest BCUT2D eigenvalue weighted by Crippen LogP contribution is -2.30. The normalized spacial score (nSPS) is 18.7. The summed E-state index contributed by atoms with van der Waals surface area (Å²) in [7, 11) is 1.80. The van der Waals surface area contributed by atoms with Crippen molar-refractivity contribution in [2.24, 2.45) is 7.05 Å². The zero-order valence-corrected chi connectivity index (χ0v) is 12.5. The van der Waals surface area contributed by atoms with Crippen molar-refractivity contribution < 1.29 is 9.32 Å². The molecule has 3 heterocycles. The van der Waals surface area contributed by atoms with Crippen LogP contribution in [0.3, 0.4) is 0 Å². The highest BCUT2D eigenvalue weighted by Gasteiger charge is 2.35. The van der Waals surface area contributed by atoms with Gasteiger partial charge in [-0.3, -0.25) is 9.48 Å². The molecule has 1 fully saturated rings. The van der Waals surface area contributed by atoms with Crippen LogP contribution in [0.5, 0.6) is 0 Å². The molecule has 112 valence electrons. The highest BCUT2D eigenvalue weighted by Crippen LogP contribution is 2.32. The fourth-order valence-electron chi connectivity index (χ4n) is 2.58. The monoisotopic (exact) mass is 289 g/mol. The number of carbonyl (C=O) groups excluding carboxylic acids is 1. The molecule has 0 aliphatic carbocycles. The molecule has 21 heavy (non-hydrogen) atoms. The van der Waals surface area contributed by atoms with Crippen LogP contribution in [0.25, 0.3) is 0 Å². The summed E-state index contributed by atoms with van der Waals surface area (Å²) in [6, 6.07) is -0.127. The van der Waals surface area contributed by atoms with Crippen LogP contribution >= 0.6 is 0 Å². The Morgan fingerprint density at radius 2 is 2.29 bits per heavy atom. The van der Waals surface area contributed by atoms with Crippen LogP contribution in [0, 0.1) is 0 Å². The Bertz CT molecular complexity index is 645. The molecule has 0 saturated carbocycles. The van der Waals surface area contributed by atoms with E-state index in [1.54, 1.807) is 29.0 Å². The van der Waals surface area contributed by atoms with Gasteiger partial charge in [0.1, 0.15) is 6.04 Å². The van der Waals surface area contributed by atoms with Gasteiger partial charge in [-0.1, -0.05) is 19.0 Å². The molecule has 1 aliphatic heterocycles. The van der Waals surface area contributed by atoms with Crippen LogP contribution in [0.2, 0.25) is 0 Å². The molecule has 0 bridgehead atoms. The standard InChI is InChI=1S/C14H19N5O2/c1-9(2)12-16-13(21-17-12)11-5-4-6-19(11)14(20)10-7-15-18(3)8-10/h7-9,11H,4-6H2,1-3H3/t11-/m1/s1. The summed E-state index contributed by atoms with van der Waals surface area (Å²) in [5.41, 5.74) is 0.591. The number of aromatic nitrogens is 4. The minimum Gasteiger partial charge on any atom is -0.337 e. The Balaban J connectivity index is 1.83. The van der Waals surface area contributed by atoms with Gasteiger partial charge in [0.15, 0.2) is 5.82 Å². The molecule has 7 nitrogen and oxygen atoms in total. The number of amides is 1. The Kier molecular flexibility index (Phi) is 3.48. The second kappa shape index (κ2) is 5.31. The first-order valence-electron chi connectivity index (χ1n) is 7.19. The number of hydrogen-bond donors (Lipinski definition) is 0. The molecular formula is C14H19N5O2. The van der Waals surface area contributed by atoms with Gasteiger partial charge in [-0.15, -0.1) is 0 Å². The van der Waals surface area contributed by atoms with Gasteiger partial charge in [0.2, 0.25) is 5.89 Å². The van der Waals surface area contributed by atoms with Crippen molar-refractivity contribution in [1.29, 1.82) is 0 Å². The first-order valence-corrected chi connectivity index (χ1v) is 7.19. The molecule has 0 unspecified atom stereocenters. The van der Waals surface area contributed by atoms with Crippen molar-refractivity contribution in [2.75, 3.05) is 6.54 Å². The van der Waals surface area contributed by atoms with Gasteiger partial charge in [0.25, 0.3) is 5.91 Å². The van der Waals surface area contributed by atoms with Crippen molar-refractivity contribution in [1.82, 2.24) is 24.8 Å². The van der Waals surface area contributed by atoms with Crippen LogP contribution < -0.4 is 0 Å². The first kappa shape index (κ1) is 13.8. The van der Waals surface area contributed by atoms with Gasteiger partial charge in [-0.05, 0) is 12.8 Å². The van der Waals surface area contributed by atoms with Gasteiger partial charge < -0.3 is 9.42 Å². The Morgan fingerprint density at radius 1 is 1.48 bits per heavy atom. The van der Waals surface area contributed by atoms with Crippen molar-refractivity contribution in [2.45, 2.75) is 38.6 Å². The lowest BCUT2D eigenvalue weighted by molar-refractivity contribution is 0.0710. The van der Waals surface area contributed by atoms with E-state index in [4.69, 9.17) is 4.52 Å². The largest absolute Gasteiger partial charge is 0.337 e. The Labute approximate surface area is 122 Å². The summed E-state index contributed by atoms with van der Waals surface area (Å²) < 4.78 is 6.98. The van der Waals surface area contributed by atoms with Crippen LogP contribution in [-0.2, 0) is 7.05 Å². The second-order valence-electron chi connectivity index (χ2n) is 5.70. The molecule has 0 spiro atoms. The number of rotatable bonds is 3. The maximum absolute atomic E-state index is 12.6. The summed E-state index contributed by atoms with van der Waals surface area (Å²) in [4.78, 5) is 18.8. The fraction of sp³-hybridized carbons (Fsp3) is 0.571. The fourth-order valence-corrected chi connectivity index (χ4v) is 2.58. The molecular weight excluding hydrogens is 270 g/mol. The molecule has 0 N–H and O–H groups in total. The smallest absolute Gasteiger partial charge is 0.257 e. The quantitative estimate of drug-likeness (QED) is 0.862. The molecule has 1 saturated heterocycles. The molecule has 2 aromatic rings. The van der Waals surface area contributed by atoms with Crippen molar-refractivity contribution in [3.8, 4) is 0 Å². The molecule has 0 aromatic carbocycles. The third-order valence-corrected chi connectivity index (χ3v) is 3.72. The maximum Gasteiger partial charge on any atom is 0.257 e. The van der Waals surface area contributed by atoms with Crippen LogP contribution in [0.15, 0.2) is 16.9 Å². The van der Waals surface area contributed by atoms with Crippen LogP contribution in [-0.4, -0.2) is 37.3 Å². The van der Waals surface area contributed by atoms with Gasteiger partial charge in [0, 0.05) is 25.7 Å². The van der Waals surface area contributed by atoms with E-state index in [1.165, 1.54) is 0 Å². The van der Waals surface area contributed by atoms with Crippen molar-refractivity contribution >= 4 is 5.91 Å². The third-order valence-electron chi connectivity index (χ3n) is 3.72. The van der Waals surface area contributed by atoms with E-state index in [0.717, 1.165) is 12.8 Å². The second-order valence-corrected chi connectivity index (χ2v) is 5.70. The summed E-state index contributed by atoms with van der Waals surface area (Å²) >= 11 is 0. The minimum absolute atomic E-state index is 0.0325. The maximum atomic E-state index is 12.6. The molecule has 7 heteroatoms. The van der Waals surface area contributed by atoms with Gasteiger partial charge >= 0.3 is 0 Å². The predicted octanol–water partition coefficient (Wildman–Crippen LogP) is 1.90. The highest BCUT2D eigenvalue weighted by atomic mass is 16.5. The average molecular weight is 289 g/mol. The summed E-state index contributed by atoms with van der Waals surface area (Å²) in [5.74, 6) is 1.40. The number of nitrogens with zero attached hydrogens (tertiary/aromatic N) is 5. The van der Waals surface area contributed by atoms with E-state index in [-0.39, 0.29) is 17.9 Å². The lowest BCUT2D eigenvalue weighted by Gasteiger charge is -2.21. The van der Waals surface area contributed by atoms with Crippen LogP contribution in [0.4, 0.5) is 0 Å². The van der Waals surface area contributed by atoms with E-state index >= 15 is 0 Å². The lowest BCUT2D eigenvalue weighted by atomic mass is 10.2.